The zero-order valence-electron chi connectivity index (χ0n) is 15.7. The molecule has 138 valence electrons. The molecule has 3 unspecified atom stereocenters. The second-order valence-corrected chi connectivity index (χ2v) is 7.65. The Bertz CT molecular complexity index is 600. The van der Waals surface area contributed by atoms with Crippen LogP contribution in [0.5, 0.6) is 0 Å². The third kappa shape index (κ3) is 5.14. The first-order chi connectivity index (χ1) is 11.7. The average Bonchev–Trinajstić information content (AvgIpc) is 2.54. The minimum absolute atomic E-state index is 0.0636. The van der Waals surface area contributed by atoms with E-state index in [0.717, 1.165) is 12.8 Å². The van der Waals surface area contributed by atoms with Crippen LogP contribution in [-0.4, -0.2) is 51.3 Å². The van der Waals surface area contributed by atoms with Crippen LogP contribution in [0.15, 0.2) is 18.3 Å². The van der Waals surface area contributed by atoms with Crippen molar-refractivity contribution in [1.29, 1.82) is 0 Å². The third-order valence-corrected chi connectivity index (χ3v) is 4.52. The fraction of sp³-hybridized carbons (Fsp3) is 0.667. The van der Waals surface area contributed by atoms with Crippen LogP contribution in [0.4, 0.5) is 4.79 Å². The van der Waals surface area contributed by atoms with E-state index in [9.17, 15) is 9.59 Å². The highest BCUT2D eigenvalue weighted by Crippen LogP contribution is 2.28. The first-order valence-electron chi connectivity index (χ1n) is 8.76. The number of hydrogen-bond acceptors (Lipinski definition) is 5. The van der Waals surface area contributed by atoms with Gasteiger partial charge in [0.15, 0.2) is 5.69 Å². The maximum Gasteiger partial charge on any atom is 0.407 e. The van der Waals surface area contributed by atoms with Crippen LogP contribution in [0.2, 0.25) is 0 Å². The Morgan fingerprint density at radius 3 is 2.64 bits per heavy atom. The molecule has 7 heteroatoms. The van der Waals surface area contributed by atoms with E-state index >= 15 is 0 Å². The van der Waals surface area contributed by atoms with Gasteiger partial charge in [-0.3, -0.25) is 4.79 Å². The summed E-state index contributed by atoms with van der Waals surface area (Å²) in [4.78, 5) is 26.7. The summed E-state index contributed by atoms with van der Waals surface area (Å²) in [5, 5.41) is 10.5. The molecule has 25 heavy (non-hydrogen) atoms. The molecule has 1 aromatic heterocycles. The van der Waals surface area contributed by atoms with Crippen molar-refractivity contribution in [3.63, 3.8) is 0 Å². The smallest absolute Gasteiger partial charge is 0.407 e. The van der Waals surface area contributed by atoms with Crippen molar-refractivity contribution in [1.82, 2.24) is 20.4 Å². The predicted molar refractivity (Wildman–Crippen MR) is 94.1 cm³/mol. The van der Waals surface area contributed by atoms with E-state index in [-0.39, 0.29) is 18.0 Å². The lowest BCUT2D eigenvalue weighted by Crippen LogP contribution is -2.56. The van der Waals surface area contributed by atoms with E-state index in [0.29, 0.717) is 18.2 Å². The second-order valence-electron chi connectivity index (χ2n) is 7.65. The molecule has 1 aromatic rings. The van der Waals surface area contributed by atoms with Crippen molar-refractivity contribution in [2.24, 2.45) is 5.92 Å². The Kier molecular flexibility index (Phi) is 5.98. The SMILES string of the molecule is CC1CCC(CNC(=O)OC(C)(C)C)N(C(=O)c2cccnn2)C1C. The van der Waals surface area contributed by atoms with Gasteiger partial charge >= 0.3 is 6.09 Å². The van der Waals surface area contributed by atoms with Crippen molar-refractivity contribution < 1.29 is 14.3 Å². The zero-order valence-corrected chi connectivity index (χ0v) is 15.7. The summed E-state index contributed by atoms with van der Waals surface area (Å²) >= 11 is 0. The lowest BCUT2D eigenvalue weighted by atomic mass is 9.87. The van der Waals surface area contributed by atoms with Crippen LogP contribution in [-0.2, 0) is 4.74 Å². The first-order valence-corrected chi connectivity index (χ1v) is 8.76. The number of amides is 2. The quantitative estimate of drug-likeness (QED) is 0.908. The molecule has 2 heterocycles. The van der Waals surface area contributed by atoms with Gasteiger partial charge in [0.2, 0.25) is 0 Å². The lowest BCUT2D eigenvalue weighted by Gasteiger charge is -2.44. The van der Waals surface area contributed by atoms with Gasteiger partial charge in [-0.1, -0.05) is 6.92 Å². The monoisotopic (exact) mass is 348 g/mol. The molecule has 1 saturated heterocycles. The second kappa shape index (κ2) is 7.80. The maximum absolute atomic E-state index is 12.9. The standard InChI is InChI=1S/C18H28N4O3/c1-12-8-9-14(11-19-17(24)25-18(3,4)5)22(13(12)2)16(23)15-7-6-10-20-21-15/h6-7,10,12-14H,8-9,11H2,1-5H3,(H,19,24). The van der Waals surface area contributed by atoms with Crippen LogP contribution in [0, 0.1) is 5.92 Å². The minimum atomic E-state index is -0.548. The number of carbonyl (C=O) groups excluding carboxylic acids is 2. The minimum Gasteiger partial charge on any atom is -0.444 e. The van der Waals surface area contributed by atoms with Gasteiger partial charge in [0.1, 0.15) is 5.60 Å². The van der Waals surface area contributed by atoms with Crippen molar-refractivity contribution >= 4 is 12.0 Å². The van der Waals surface area contributed by atoms with E-state index in [4.69, 9.17) is 4.74 Å². The van der Waals surface area contributed by atoms with Gasteiger partial charge in [0, 0.05) is 24.8 Å². The molecule has 7 nitrogen and oxygen atoms in total. The number of rotatable bonds is 3. The number of piperidine rings is 1. The molecule has 2 rings (SSSR count). The lowest BCUT2D eigenvalue weighted by molar-refractivity contribution is 0.0294. The topological polar surface area (TPSA) is 84.4 Å². The molecule has 1 N–H and O–H groups in total. The van der Waals surface area contributed by atoms with Crippen LogP contribution >= 0.6 is 0 Å². The third-order valence-electron chi connectivity index (χ3n) is 4.52. The first kappa shape index (κ1) is 19.1. The molecule has 1 fully saturated rings. The van der Waals surface area contributed by atoms with Crippen LogP contribution in [0.25, 0.3) is 0 Å². The van der Waals surface area contributed by atoms with E-state index in [1.165, 1.54) is 0 Å². The summed E-state index contributed by atoms with van der Waals surface area (Å²) in [6, 6.07) is 3.34. The van der Waals surface area contributed by atoms with Gasteiger partial charge in [-0.25, -0.2) is 4.79 Å². The Labute approximate surface area is 149 Å². The summed E-state index contributed by atoms with van der Waals surface area (Å²) in [6.45, 7) is 10.00. The summed E-state index contributed by atoms with van der Waals surface area (Å²) in [5.74, 6) is 0.238. The van der Waals surface area contributed by atoms with E-state index < -0.39 is 11.7 Å². The molecule has 0 bridgehead atoms. The Morgan fingerprint density at radius 2 is 2.04 bits per heavy atom. The molecule has 1 aliphatic heterocycles. The number of ether oxygens (including phenoxy) is 1. The molecule has 1 aliphatic rings. The van der Waals surface area contributed by atoms with Crippen LogP contribution in [0.1, 0.15) is 57.9 Å². The van der Waals surface area contributed by atoms with Crippen LogP contribution in [0.3, 0.4) is 0 Å². The van der Waals surface area contributed by atoms with Gasteiger partial charge in [-0.05, 0) is 58.6 Å². The summed E-state index contributed by atoms with van der Waals surface area (Å²) < 4.78 is 5.28. The average molecular weight is 348 g/mol. The van der Waals surface area contributed by atoms with E-state index in [1.54, 1.807) is 18.3 Å². The molecular weight excluding hydrogens is 320 g/mol. The number of alkyl carbamates (subject to hydrolysis) is 1. The molecule has 0 aromatic carbocycles. The highest BCUT2D eigenvalue weighted by Gasteiger charge is 2.37. The fourth-order valence-corrected chi connectivity index (χ4v) is 3.06. The van der Waals surface area contributed by atoms with Crippen molar-refractivity contribution in [2.75, 3.05) is 6.54 Å². The molecule has 0 spiro atoms. The molecule has 3 atom stereocenters. The largest absolute Gasteiger partial charge is 0.444 e. The number of aromatic nitrogens is 2. The highest BCUT2D eigenvalue weighted by molar-refractivity contribution is 5.92. The van der Waals surface area contributed by atoms with Crippen molar-refractivity contribution in [3.8, 4) is 0 Å². The summed E-state index contributed by atoms with van der Waals surface area (Å²) in [6.07, 6.45) is 2.91. The number of hydrogen-bond donors (Lipinski definition) is 1. The molecule has 0 aliphatic carbocycles. The summed E-state index contributed by atoms with van der Waals surface area (Å²) in [5.41, 5.74) is -0.223. The number of nitrogens with one attached hydrogen (secondary N) is 1. The predicted octanol–water partition coefficient (Wildman–Crippen LogP) is 2.63. The molecule has 0 saturated carbocycles. The van der Waals surface area contributed by atoms with Gasteiger partial charge in [0.05, 0.1) is 0 Å². The van der Waals surface area contributed by atoms with Crippen molar-refractivity contribution in [3.05, 3.63) is 24.0 Å². The van der Waals surface area contributed by atoms with Gasteiger partial charge in [-0.2, -0.15) is 5.10 Å². The number of nitrogens with zero attached hydrogens (tertiary/aromatic N) is 3. The summed E-state index contributed by atoms with van der Waals surface area (Å²) in [7, 11) is 0. The normalized spacial score (nSPS) is 23.9. The van der Waals surface area contributed by atoms with Crippen LogP contribution < -0.4 is 5.32 Å². The van der Waals surface area contributed by atoms with E-state index in [1.807, 2.05) is 32.6 Å². The Hall–Kier alpha value is -2.18. The number of likely N-dealkylation sites (tertiary alicyclic amines) is 1. The van der Waals surface area contributed by atoms with Gasteiger partial charge in [0.25, 0.3) is 5.91 Å². The fourth-order valence-electron chi connectivity index (χ4n) is 3.06. The van der Waals surface area contributed by atoms with Gasteiger partial charge in [-0.15, -0.1) is 5.10 Å². The highest BCUT2D eigenvalue weighted by atomic mass is 16.6. The maximum atomic E-state index is 12.9. The molecule has 2 amide bonds. The number of carbonyl (C=O) groups is 2. The van der Waals surface area contributed by atoms with Crippen molar-refractivity contribution in [2.45, 2.75) is 65.1 Å². The molecular formula is C18H28N4O3. The Morgan fingerprint density at radius 1 is 1.32 bits per heavy atom. The van der Waals surface area contributed by atoms with Gasteiger partial charge < -0.3 is 15.0 Å². The Balaban J connectivity index is 2.09. The molecule has 0 radical (unpaired) electrons. The zero-order chi connectivity index (χ0) is 18.6. The van der Waals surface area contributed by atoms with E-state index in [2.05, 4.69) is 22.4 Å².